The van der Waals surface area contributed by atoms with Crippen molar-refractivity contribution in [2.75, 3.05) is 13.6 Å². The van der Waals surface area contributed by atoms with Gasteiger partial charge in [-0.05, 0) is 18.8 Å². The number of amides is 2. The third-order valence-electron chi connectivity index (χ3n) is 2.63. The first-order valence-corrected chi connectivity index (χ1v) is 4.49. The number of rotatable bonds is 2. The van der Waals surface area contributed by atoms with Crippen LogP contribution in [0.4, 0.5) is 4.79 Å². The smallest absolute Gasteiger partial charge is 0.317 e. The summed E-state index contributed by atoms with van der Waals surface area (Å²) in [6.45, 7) is 7.07. The Labute approximate surface area is 74.1 Å². The molecule has 0 aromatic heterocycles. The third kappa shape index (κ3) is 1.90. The lowest BCUT2D eigenvalue weighted by molar-refractivity contribution is 0.209. The average molecular weight is 170 g/mol. The summed E-state index contributed by atoms with van der Waals surface area (Å²) >= 11 is 0. The molecule has 1 saturated carbocycles. The van der Waals surface area contributed by atoms with E-state index in [9.17, 15) is 4.79 Å². The van der Waals surface area contributed by atoms with Crippen molar-refractivity contribution >= 4 is 6.03 Å². The first kappa shape index (κ1) is 9.36. The van der Waals surface area contributed by atoms with Gasteiger partial charge in [-0.3, -0.25) is 0 Å². The van der Waals surface area contributed by atoms with Crippen LogP contribution in [0.1, 0.15) is 27.2 Å². The van der Waals surface area contributed by atoms with E-state index >= 15 is 0 Å². The second-order valence-electron chi connectivity index (χ2n) is 4.21. The molecule has 0 heterocycles. The summed E-state index contributed by atoms with van der Waals surface area (Å²) in [5.74, 6) is 0. The highest BCUT2D eigenvalue weighted by molar-refractivity contribution is 5.74. The first-order chi connectivity index (χ1) is 5.47. The van der Waals surface area contributed by atoms with Gasteiger partial charge in [0.2, 0.25) is 0 Å². The minimum absolute atomic E-state index is 0.0491. The summed E-state index contributed by atoms with van der Waals surface area (Å²) in [6.07, 6.45) is 1.11. The highest BCUT2D eigenvalue weighted by Crippen LogP contribution is 2.44. The molecule has 1 fully saturated rings. The van der Waals surface area contributed by atoms with Crippen molar-refractivity contribution in [3.63, 3.8) is 0 Å². The quantitative estimate of drug-likeness (QED) is 0.668. The van der Waals surface area contributed by atoms with E-state index in [2.05, 4.69) is 19.2 Å². The maximum Gasteiger partial charge on any atom is 0.317 e. The molecule has 3 nitrogen and oxygen atoms in total. The SMILES string of the molecule is CCN(C)C(=O)NC1CC1(C)C. The van der Waals surface area contributed by atoms with Gasteiger partial charge >= 0.3 is 6.03 Å². The Bertz CT molecular complexity index is 189. The fraction of sp³-hybridized carbons (Fsp3) is 0.889. The number of hydrogen-bond donors (Lipinski definition) is 1. The van der Waals surface area contributed by atoms with Crippen LogP contribution in [0.15, 0.2) is 0 Å². The molecule has 0 aliphatic heterocycles. The Morgan fingerprint density at radius 3 is 2.50 bits per heavy atom. The van der Waals surface area contributed by atoms with Crippen LogP contribution in [0.5, 0.6) is 0 Å². The zero-order valence-electron chi connectivity index (χ0n) is 8.35. The second-order valence-corrected chi connectivity index (χ2v) is 4.21. The van der Waals surface area contributed by atoms with E-state index < -0.39 is 0 Å². The molecular formula is C9H18N2O. The van der Waals surface area contributed by atoms with Crippen LogP contribution in [0.25, 0.3) is 0 Å². The van der Waals surface area contributed by atoms with Crippen LogP contribution in [-0.2, 0) is 0 Å². The van der Waals surface area contributed by atoms with Crippen molar-refractivity contribution < 1.29 is 4.79 Å². The van der Waals surface area contributed by atoms with Crippen LogP contribution in [-0.4, -0.2) is 30.6 Å². The molecule has 0 spiro atoms. The normalized spacial score (nSPS) is 24.8. The highest BCUT2D eigenvalue weighted by atomic mass is 16.2. The van der Waals surface area contributed by atoms with Gasteiger partial charge in [-0.1, -0.05) is 13.8 Å². The van der Waals surface area contributed by atoms with Gasteiger partial charge in [0.25, 0.3) is 0 Å². The van der Waals surface area contributed by atoms with Crippen LogP contribution in [0.2, 0.25) is 0 Å². The van der Waals surface area contributed by atoms with Crippen LogP contribution in [0.3, 0.4) is 0 Å². The van der Waals surface area contributed by atoms with Crippen molar-refractivity contribution in [3.05, 3.63) is 0 Å². The molecular weight excluding hydrogens is 152 g/mol. The molecule has 1 unspecified atom stereocenters. The van der Waals surface area contributed by atoms with E-state index in [1.807, 2.05) is 14.0 Å². The fourth-order valence-corrected chi connectivity index (χ4v) is 1.12. The Kier molecular flexibility index (Phi) is 2.31. The fourth-order valence-electron chi connectivity index (χ4n) is 1.12. The summed E-state index contributed by atoms with van der Waals surface area (Å²) in [5.41, 5.74) is 0.324. The molecule has 0 radical (unpaired) electrons. The van der Waals surface area contributed by atoms with Crippen molar-refractivity contribution in [1.82, 2.24) is 10.2 Å². The number of nitrogens with zero attached hydrogens (tertiary/aromatic N) is 1. The maximum absolute atomic E-state index is 11.3. The molecule has 3 heteroatoms. The lowest BCUT2D eigenvalue weighted by Crippen LogP contribution is -2.39. The molecule has 1 aliphatic carbocycles. The molecule has 0 aromatic rings. The van der Waals surface area contributed by atoms with Crippen LogP contribution >= 0.6 is 0 Å². The predicted molar refractivity (Wildman–Crippen MR) is 49.0 cm³/mol. The van der Waals surface area contributed by atoms with Crippen molar-refractivity contribution in [2.24, 2.45) is 5.41 Å². The van der Waals surface area contributed by atoms with E-state index in [-0.39, 0.29) is 6.03 Å². The van der Waals surface area contributed by atoms with E-state index in [0.717, 1.165) is 13.0 Å². The molecule has 1 aliphatic rings. The largest absolute Gasteiger partial charge is 0.335 e. The van der Waals surface area contributed by atoms with Crippen molar-refractivity contribution in [3.8, 4) is 0 Å². The minimum atomic E-state index is 0.0491. The molecule has 1 rings (SSSR count). The van der Waals surface area contributed by atoms with Gasteiger partial charge in [0.05, 0.1) is 0 Å². The number of nitrogens with one attached hydrogen (secondary N) is 1. The number of urea groups is 1. The molecule has 70 valence electrons. The van der Waals surface area contributed by atoms with E-state index in [4.69, 9.17) is 0 Å². The minimum Gasteiger partial charge on any atom is -0.335 e. The van der Waals surface area contributed by atoms with E-state index in [1.54, 1.807) is 4.90 Å². The van der Waals surface area contributed by atoms with Gasteiger partial charge in [-0.15, -0.1) is 0 Å². The molecule has 1 atom stereocenters. The van der Waals surface area contributed by atoms with Gasteiger partial charge < -0.3 is 10.2 Å². The van der Waals surface area contributed by atoms with Crippen molar-refractivity contribution in [1.29, 1.82) is 0 Å². The van der Waals surface area contributed by atoms with Gasteiger partial charge in [0.15, 0.2) is 0 Å². The zero-order chi connectivity index (χ0) is 9.35. The van der Waals surface area contributed by atoms with Gasteiger partial charge in [0, 0.05) is 19.6 Å². The molecule has 0 saturated heterocycles. The average Bonchev–Trinajstić information content (AvgIpc) is 2.57. The molecule has 0 bridgehead atoms. The van der Waals surface area contributed by atoms with Crippen LogP contribution in [0, 0.1) is 5.41 Å². The Hall–Kier alpha value is -0.730. The molecule has 1 N–H and O–H groups in total. The maximum atomic E-state index is 11.3. The molecule has 0 aromatic carbocycles. The summed E-state index contributed by atoms with van der Waals surface area (Å²) in [6, 6.07) is 0.437. The number of hydrogen-bond acceptors (Lipinski definition) is 1. The summed E-state index contributed by atoms with van der Waals surface area (Å²) in [5, 5.41) is 2.98. The standard InChI is InChI=1S/C9H18N2O/c1-5-11(4)8(12)10-7-6-9(7,2)3/h7H,5-6H2,1-4H3,(H,10,12). The summed E-state index contributed by atoms with van der Waals surface area (Å²) in [7, 11) is 1.81. The lowest BCUT2D eigenvalue weighted by Gasteiger charge is -2.16. The van der Waals surface area contributed by atoms with Gasteiger partial charge in [-0.2, -0.15) is 0 Å². The Morgan fingerprint density at radius 2 is 2.17 bits per heavy atom. The Balaban J connectivity index is 2.29. The molecule has 12 heavy (non-hydrogen) atoms. The second kappa shape index (κ2) is 2.96. The van der Waals surface area contributed by atoms with E-state index in [0.29, 0.717) is 11.5 Å². The van der Waals surface area contributed by atoms with E-state index in [1.165, 1.54) is 0 Å². The molecule has 2 amide bonds. The summed E-state index contributed by atoms with van der Waals surface area (Å²) in [4.78, 5) is 13.0. The van der Waals surface area contributed by atoms with Crippen molar-refractivity contribution in [2.45, 2.75) is 33.2 Å². The number of carbonyl (C=O) groups excluding carboxylic acids is 1. The third-order valence-corrected chi connectivity index (χ3v) is 2.63. The van der Waals surface area contributed by atoms with Gasteiger partial charge in [-0.25, -0.2) is 4.79 Å². The zero-order valence-corrected chi connectivity index (χ0v) is 8.35. The predicted octanol–water partition coefficient (Wildman–Crippen LogP) is 1.45. The summed E-state index contributed by atoms with van der Waals surface area (Å²) < 4.78 is 0. The topological polar surface area (TPSA) is 32.3 Å². The van der Waals surface area contributed by atoms with Gasteiger partial charge in [0.1, 0.15) is 0 Å². The Morgan fingerprint density at radius 1 is 1.67 bits per heavy atom. The van der Waals surface area contributed by atoms with Crippen LogP contribution < -0.4 is 5.32 Å². The monoisotopic (exact) mass is 170 g/mol. The highest BCUT2D eigenvalue weighted by Gasteiger charge is 2.46. The number of carbonyl (C=O) groups is 1. The lowest BCUT2D eigenvalue weighted by atomic mass is 10.2. The first-order valence-electron chi connectivity index (χ1n) is 4.49.